The van der Waals surface area contributed by atoms with Gasteiger partial charge in [0.2, 0.25) is 0 Å². The van der Waals surface area contributed by atoms with Gasteiger partial charge in [0.1, 0.15) is 0 Å². The maximum atomic E-state index is 11.6. The average molecular weight is 277 g/mol. The molecule has 0 atom stereocenters. The molecule has 1 aromatic carbocycles. The highest BCUT2D eigenvalue weighted by Gasteiger charge is 2.20. The summed E-state index contributed by atoms with van der Waals surface area (Å²) in [6.07, 6.45) is 6.27. The van der Waals surface area contributed by atoms with E-state index in [0.29, 0.717) is 5.56 Å². The molecule has 3 heteroatoms. The van der Waals surface area contributed by atoms with Gasteiger partial charge in [0.25, 0.3) is 0 Å². The van der Waals surface area contributed by atoms with Crippen LogP contribution in [-0.4, -0.2) is 11.1 Å². The Kier molecular flexibility index (Phi) is 6.05. The van der Waals surface area contributed by atoms with Crippen molar-refractivity contribution in [2.75, 3.05) is 5.73 Å². The van der Waals surface area contributed by atoms with Crippen molar-refractivity contribution in [3.63, 3.8) is 0 Å². The van der Waals surface area contributed by atoms with Gasteiger partial charge in [-0.2, -0.15) is 0 Å². The maximum Gasteiger partial charge on any atom is 0.336 e. The second-order valence-electron chi connectivity index (χ2n) is 5.47. The number of carboxylic acids is 1. The van der Waals surface area contributed by atoms with Crippen molar-refractivity contribution in [2.24, 2.45) is 0 Å². The summed E-state index contributed by atoms with van der Waals surface area (Å²) in [5.74, 6) is -0.836. The molecule has 3 N–H and O–H groups in total. The van der Waals surface area contributed by atoms with Crippen molar-refractivity contribution < 1.29 is 9.90 Å². The molecule has 0 aliphatic heterocycles. The van der Waals surface area contributed by atoms with Crippen molar-refractivity contribution in [2.45, 2.75) is 66.2 Å². The molecule has 1 rings (SSSR count). The highest BCUT2D eigenvalue weighted by molar-refractivity contribution is 5.93. The maximum absolute atomic E-state index is 11.6. The molecule has 0 bridgehead atoms. The van der Waals surface area contributed by atoms with Crippen molar-refractivity contribution in [3.8, 4) is 0 Å². The molecule has 0 aliphatic carbocycles. The van der Waals surface area contributed by atoms with Crippen LogP contribution in [0.2, 0.25) is 0 Å². The van der Waals surface area contributed by atoms with Gasteiger partial charge in [0, 0.05) is 5.69 Å². The number of anilines is 1. The molecule has 0 unspecified atom stereocenters. The van der Waals surface area contributed by atoms with E-state index in [1.54, 1.807) is 0 Å². The molecule has 0 heterocycles. The van der Waals surface area contributed by atoms with Gasteiger partial charge in [-0.25, -0.2) is 4.79 Å². The smallest absolute Gasteiger partial charge is 0.336 e. The van der Waals surface area contributed by atoms with Gasteiger partial charge in [-0.15, -0.1) is 0 Å². The molecule has 0 saturated carbocycles. The van der Waals surface area contributed by atoms with E-state index < -0.39 is 5.97 Å². The van der Waals surface area contributed by atoms with Crippen LogP contribution in [0, 0.1) is 13.8 Å². The molecule has 3 nitrogen and oxygen atoms in total. The molecule has 0 fully saturated rings. The van der Waals surface area contributed by atoms with E-state index in [1.165, 1.54) is 19.3 Å². The number of hydrogen-bond donors (Lipinski definition) is 2. The van der Waals surface area contributed by atoms with E-state index in [2.05, 4.69) is 6.92 Å². The third kappa shape index (κ3) is 3.33. The summed E-state index contributed by atoms with van der Waals surface area (Å²) in [7, 11) is 0. The molecule has 0 radical (unpaired) electrons. The quantitative estimate of drug-likeness (QED) is 0.578. The Hall–Kier alpha value is -1.51. The summed E-state index contributed by atoms with van der Waals surface area (Å²) in [5.41, 5.74) is 11.2. The molecule has 0 amide bonds. The zero-order valence-electron chi connectivity index (χ0n) is 13.2. The Balaban J connectivity index is 3.24. The summed E-state index contributed by atoms with van der Waals surface area (Å²) >= 11 is 0. The molecular weight excluding hydrogens is 250 g/mol. The second-order valence-corrected chi connectivity index (χ2v) is 5.47. The summed E-state index contributed by atoms with van der Waals surface area (Å²) in [5, 5.41) is 9.49. The third-order valence-electron chi connectivity index (χ3n) is 4.18. The highest BCUT2D eigenvalue weighted by atomic mass is 16.4. The topological polar surface area (TPSA) is 63.3 Å². The Morgan fingerprint density at radius 1 is 1.05 bits per heavy atom. The van der Waals surface area contributed by atoms with Crippen molar-refractivity contribution in [1.82, 2.24) is 0 Å². The van der Waals surface area contributed by atoms with E-state index in [9.17, 15) is 9.90 Å². The Morgan fingerprint density at radius 2 is 1.70 bits per heavy atom. The van der Waals surface area contributed by atoms with Crippen molar-refractivity contribution in [1.29, 1.82) is 0 Å². The van der Waals surface area contributed by atoms with Gasteiger partial charge in [-0.3, -0.25) is 0 Å². The van der Waals surface area contributed by atoms with Gasteiger partial charge >= 0.3 is 5.97 Å². The number of benzene rings is 1. The summed E-state index contributed by atoms with van der Waals surface area (Å²) in [6.45, 7) is 7.97. The summed E-state index contributed by atoms with van der Waals surface area (Å²) in [4.78, 5) is 11.6. The SMILES string of the molecule is CCCCCCc1c(N)c(C)c(C)c(C(=O)O)c1CC. The summed E-state index contributed by atoms with van der Waals surface area (Å²) < 4.78 is 0. The molecular formula is C17H27NO2. The van der Waals surface area contributed by atoms with Gasteiger partial charge in [-0.1, -0.05) is 33.1 Å². The molecule has 0 aromatic heterocycles. The number of nitrogens with two attached hydrogens (primary N) is 1. The average Bonchev–Trinajstić information content (AvgIpc) is 2.42. The van der Waals surface area contributed by atoms with Crippen LogP contribution < -0.4 is 5.73 Å². The monoisotopic (exact) mass is 277 g/mol. The minimum absolute atomic E-state index is 0.463. The minimum atomic E-state index is -0.836. The van der Waals surface area contributed by atoms with Crippen LogP contribution in [0.1, 0.15) is 72.1 Å². The fourth-order valence-electron chi connectivity index (χ4n) is 2.85. The number of carbonyl (C=O) groups is 1. The van der Waals surface area contributed by atoms with Crippen LogP contribution in [0.25, 0.3) is 0 Å². The first-order valence-electron chi connectivity index (χ1n) is 7.59. The Bertz CT molecular complexity index is 492. The third-order valence-corrected chi connectivity index (χ3v) is 4.18. The fraction of sp³-hybridized carbons (Fsp3) is 0.588. The molecule has 0 saturated heterocycles. The standard InChI is InChI=1S/C17H27NO2/c1-5-7-8-9-10-14-13(6-2)15(17(19)20)11(3)12(4)16(14)18/h5-10,18H2,1-4H3,(H,19,20). The zero-order chi connectivity index (χ0) is 15.3. The largest absolute Gasteiger partial charge is 0.478 e. The lowest BCUT2D eigenvalue weighted by Gasteiger charge is -2.19. The van der Waals surface area contributed by atoms with E-state index >= 15 is 0 Å². The van der Waals surface area contributed by atoms with Crippen LogP contribution in [0.3, 0.4) is 0 Å². The first-order valence-corrected chi connectivity index (χ1v) is 7.59. The second kappa shape index (κ2) is 7.32. The van der Waals surface area contributed by atoms with Crippen molar-refractivity contribution in [3.05, 3.63) is 27.8 Å². The van der Waals surface area contributed by atoms with Gasteiger partial charge < -0.3 is 10.8 Å². The van der Waals surface area contributed by atoms with Crippen molar-refractivity contribution >= 4 is 11.7 Å². The number of rotatable bonds is 7. The van der Waals surface area contributed by atoms with E-state index in [4.69, 9.17) is 5.73 Å². The van der Waals surface area contributed by atoms with E-state index in [0.717, 1.165) is 47.2 Å². The van der Waals surface area contributed by atoms with E-state index in [1.807, 2.05) is 20.8 Å². The predicted octanol–water partition coefficient (Wildman–Crippen LogP) is 4.27. The lowest BCUT2D eigenvalue weighted by atomic mass is 9.87. The Morgan fingerprint density at radius 3 is 2.20 bits per heavy atom. The van der Waals surface area contributed by atoms with Gasteiger partial charge in [-0.05, 0) is 55.4 Å². The number of nitrogen functional groups attached to an aromatic ring is 1. The lowest BCUT2D eigenvalue weighted by Crippen LogP contribution is -2.13. The summed E-state index contributed by atoms with van der Waals surface area (Å²) in [6, 6.07) is 0. The first-order chi connectivity index (χ1) is 9.45. The zero-order valence-corrected chi connectivity index (χ0v) is 13.2. The predicted molar refractivity (Wildman–Crippen MR) is 84.5 cm³/mol. The lowest BCUT2D eigenvalue weighted by molar-refractivity contribution is 0.0694. The van der Waals surface area contributed by atoms with Crippen LogP contribution in [-0.2, 0) is 12.8 Å². The number of hydrogen-bond acceptors (Lipinski definition) is 2. The van der Waals surface area contributed by atoms with Crippen LogP contribution >= 0.6 is 0 Å². The van der Waals surface area contributed by atoms with Crippen LogP contribution in [0.15, 0.2) is 0 Å². The molecule has 112 valence electrons. The normalized spacial score (nSPS) is 10.8. The van der Waals surface area contributed by atoms with E-state index in [-0.39, 0.29) is 0 Å². The van der Waals surface area contributed by atoms with Crippen LogP contribution in [0.4, 0.5) is 5.69 Å². The van der Waals surface area contributed by atoms with Crippen LogP contribution in [0.5, 0.6) is 0 Å². The molecule has 1 aromatic rings. The first kappa shape index (κ1) is 16.5. The molecule has 0 aliphatic rings. The Labute approximate surface area is 122 Å². The highest BCUT2D eigenvalue weighted by Crippen LogP contribution is 2.31. The number of carboxylic acid groups (broad SMARTS) is 1. The van der Waals surface area contributed by atoms with Gasteiger partial charge in [0.05, 0.1) is 5.56 Å². The number of aromatic carboxylic acids is 1. The number of unbranched alkanes of at least 4 members (excludes halogenated alkanes) is 3. The van der Waals surface area contributed by atoms with Gasteiger partial charge in [0.15, 0.2) is 0 Å². The molecule has 0 spiro atoms. The minimum Gasteiger partial charge on any atom is -0.478 e. The fourth-order valence-corrected chi connectivity index (χ4v) is 2.85. The molecule has 20 heavy (non-hydrogen) atoms.